The molecule has 0 bridgehead atoms. The van der Waals surface area contributed by atoms with Crippen LogP contribution in [0.15, 0.2) is 59.6 Å². The molecule has 2 aromatic carbocycles. The Bertz CT molecular complexity index is 1100. The second-order valence-corrected chi connectivity index (χ2v) is 7.90. The molecule has 1 aromatic heterocycles. The van der Waals surface area contributed by atoms with Crippen LogP contribution in [-0.4, -0.2) is 30.8 Å². The number of aromatic nitrogens is 2. The Kier molecular flexibility index (Phi) is 5.51. The summed E-state index contributed by atoms with van der Waals surface area (Å²) in [5.74, 6) is -0.617. The highest BCUT2D eigenvalue weighted by Gasteiger charge is 2.25. The van der Waals surface area contributed by atoms with Gasteiger partial charge >= 0.3 is 5.97 Å². The highest BCUT2D eigenvalue weighted by Crippen LogP contribution is 2.25. The molecule has 0 atom stereocenters. The molecule has 146 valence electrons. The van der Waals surface area contributed by atoms with E-state index in [4.69, 9.17) is 4.74 Å². The number of nitrogens with zero attached hydrogens (tertiary/aromatic N) is 2. The predicted molar refractivity (Wildman–Crippen MR) is 106 cm³/mol. The maximum absolute atomic E-state index is 13.0. The average Bonchev–Trinajstić information content (AvgIpc) is 3.05. The zero-order valence-electron chi connectivity index (χ0n) is 15.8. The summed E-state index contributed by atoms with van der Waals surface area (Å²) in [7, 11) is -3.94. The number of hydrogen-bond acceptors (Lipinski definition) is 5. The van der Waals surface area contributed by atoms with E-state index in [9.17, 15) is 13.2 Å². The third-order valence-corrected chi connectivity index (χ3v) is 5.66. The smallest absolute Gasteiger partial charge is 0.343 e. The van der Waals surface area contributed by atoms with Gasteiger partial charge in [-0.15, -0.1) is 0 Å². The van der Waals surface area contributed by atoms with Crippen molar-refractivity contribution < 1.29 is 17.9 Å². The van der Waals surface area contributed by atoms with Crippen molar-refractivity contribution in [1.29, 1.82) is 0 Å². The van der Waals surface area contributed by atoms with Gasteiger partial charge in [0.05, 0.1) is 23.4 Å². The van der Waals surface area contributed by atoms with Gasteiger partial charge in [-0.05, 0) is 44.5 Å². The van der Waals surface area contributed by atoms with Crippen molar-refractivity contribution >= 4 is 21.8 Å². The minimum atomic E-state index is -3.94. The average molecular weight is 399 g/mol. The maximum atomic E-state index is 13.0. The van der Waals surface area contributed by atoms with Crippen molar-refractivity contribution in [2.45, 2.75) is 25.7 Å². The lowest BCUT2D eigenvalue weighted by molar-refractivity contribution is 0.0527. The molecule has 0 fully saturated rings. The lowest BCUT2D eigenvalue weighted by Crippen LogP contribution is -2.19. The maximum Gasteiger partial charge on any atom is 0.343 e. The minimum absolute atomic E-state index is 0.0329. The lowest BCUT2D eigenvalue weighted by Gasteiger charge is -2.14. The summed E-state index contributed by atoms with van der Waals surface area (Å²) in [5.41, 5.74) is 2.29. The van der Waals surface area contributed by atoms with Gasteiger partial charge in [0.25, 0.3) is 10.0 Å². The first kappa shape index (κ1) is 19.6. The highest BCUT2D eigenvalue weighted by molar-refractivity contribution is 7.92. The molecule has 7 nitrogen and oxygen atoms in total. The van der Waals surface area contributed by atoms with E-state index in [0.717, 1.165) is 5.56 Å². The fourth-order valence-corrected chi connectivity index (χ4v) is 4.04. The third kappa shape index (κ3) is 3.91. The van der Waals surface area contributed by atoms with Gasteiger partial charge < -0.3 is 4.74 Å². The number of carbonyl (C=O) groups excluding carboxylic acids is 1. The summed E-state index contributed by atoms with van der Waals surface area (Å²) in [6, 6.07) is 14.0. The van der Waals surface area contributed by atoms with Gasteiger partial charge in [-0.25, -0.2) is 17.9 Å². The third-order valence-electron chi connectivity index (χ3n) is 4.16. The quantitative estimate of drug-likeness (QED) is 0.641. The molecule has 3 aromatic rings. The molecule has 0 radical (unpaired) electrons. The van der Waals surface area contributed by atoms with E-state index in [-0.39, 0.29) is 22.9 Å². The number of aryl methyl sites for hydroxylation is 2. The number of ether oxygens (including phenoxy) is 1. The molecule has 8 heteroatoms. The summed E-state index contributed by atoms with van der Waals surface area (Å²) in [4.78, 5) is 12.5. The Morgan fingerprint density at radius 1 is 1.11 bits per heavy atom. The molecule has 0 saturated carbocycles. The number of rotatable bonds is 6. The van der Waals surface area contributed by atoms with Crippen LogP contribution < -0.4 is 4.72 Å². The van der Waals surface area contributed by atoms with Crippen molar-refractivity contribution in [1.82, 2.24) is 9.78 Å². The van der Waals surface area contributed by atoms with Crippen LogP contribution >= 0.6 is 0 Å². The fourth-order valence-electron chi connectivity index (χ4n) is 2.73. The number of hydrogen-bond donors (Lipinski definition) is 1. The second kappa shape index (κ2) is 7.85. The van der Waals surface area contributed by atoms with Crippen LogP contribution in [0.2, 0.25) is 0 Å². The molecule has 1 N–H and O–H groups in total. The van der Waals surface area contributed by atoms with Crippen molar-refractivity contribution in [2.75, 3.05) is 11.3 Å². The highest BCUT2D eigenvalue weighted by atomic mass is 32.2. The number of esters is 1. The largest absolute Gasteiger partial charge is 0.462 e. The van der Waals surface area contributed by atoms with E-state index in [1.165, 1.54) is 16.9 Å². The molecule has 28 heavy (non-hydrogen) atoms. The minimum Gasteiger partial charge on any atom is -0.462 e. The van der Waals surface area contributed by atoms with Crippen LogP contribution in [0.3, 0.4) is 0 Å². The molecule has 1 heterocycles. The Morgan fingerprint density at radius 2 is 1.79 bits per heavy atom. The first-order chi connectivity index (χ1) is 13.3. The Morgan fingerprint density at radius 3 is 2.43 bits per heavy atom. The van der Waals surface area contributed by atoms with E-state index >= 15 is 0 Å². The topological polar surface area (TPSA) is 90.3 Å². The van der Waals surface area contributed by atoms with Gasteiger partial charge in [0.1, 0.15) is 5.56 Å². The lowest BCUT2D eigenvalue weighted by atomic mass is 10.2. The number of anilines is 1. The first-order valence-electron chi connectivity index (χ1n) is 8.74. The van der Waals surface area contributed by atoms with Crippen molar-refractivity contribution in [3.8, 4) is 5.69 Å². The Balaban J connectivity index is 2.11. The van der Waals surface area contributed by atoms with Crippen molar-refractivity contribution in [3.63, 3.8) is 0 Å². The van der Waals surface area contributed by atoms with E-state index < -0.39 is 16.0 Å². The van der Waals surface area contributed by atoms with Crippen LogP contribution in [0.5, 0.6) is 0 Å². The normalized spacial score (nSPS) is 11.2. The standard InChI is InChI=1S/C20H21N3O4S/c1-4-27-20(24)17-13-21-23(16-11-9-14(2)10-12-16)19(17)22-28(25,26)18-8-6-5-7-15(18)3/h5-13,22H,4H2,1-3H3. The van der Waals surface area contributed by atoms with Gasteiger partial charge in [0.2, 0.25) is 0 Å². The van der Waals surface area contributed by atoms with Crippen LogP contribution in [0.4, 0.5) is 5.82 Å². The van der Waals surface area contributed by atoms with E-state index in [1.54, 1.807) is 44.2 Å². The molecule has 0 spiro atoms. The summed E-state index contributed by atoms with van der Waals surface area (Å²) < 4.78 is 34.9. The molecule has 0 unspecified atom stereocenters. The molecule has 0 amide bonds. The SMILES string of the molecule is CCOC(=O)c1cnn(-c2ccc(C)cc2)c1NS(=O)(=O)c1ccccc1C. The molecular formula is C20H21N3O4S. The number of sulfonamides is 1. The van der Waals surface area contributed by atoms with Crippen LogP contribution in [-0.2, 0) is 14.8 Å². The zero-order valence-corrected chi connectivity index (χ0v) is 16.7. The van der Waals surface area contributed by atoms with Gasteiger partial charge in [0.15, 0.2) is 5.82 Å². The van der Waals surface area contributed by atoms with Crippen molar-refractivity contribution in [2.24, 2.45) is 0 Å². The fraction of sp³-hybridized carbons (Fsp3) is 0.200. The molecule has 3 rings (SSSR count). The van der Waals surface area contributed by atoms with E-state index in [1.807, 2.05) is 19.1 Å². The monoisotopic (exact) mass is 399 g/mol. The molecule has 0 aliphatic heterocycles. The van der Waals surface area contributed by atoms with Crippen LogP contribution in [0, 0.1) is 13.8 Å². The summed E-state index contributed by atoms with van der Waals surface area (Å²) in [6.45, 7) is 5.49. The second-order valence-electron chi connectivity index (χ2n) is 6.25. The Hall–Kier alpha value is -3.13. The van der Waals surface area contributed by atoms with Gasteiger partial charge in [0, 0.05) is 0 Å². The zero-order chi connectivity index (χ0) is 20.3. The van der Waals surface area contributed by atoms with Gasteiger partial charge in [-0.3, -0.25) is 4.72 Å². The van der Waals surface area contributed by atoms with Crippen LogP contribution in [0.1, 0.15) is 28.4 Å². The van der Waals surface area contributed by atoms with Crippen molar-refractivity contribution in [3.05, 3.63) is 71.4 Å². The van der Waals surface area contributed by atoms with Gasteiger partial charge in [-0.2, -0.15) is 5.10 Å². The van der Waals surface area contributed by atoms with Crippen LogP contribution in [0.25, 0.3) is 5.69 Å². The summed E-state index contributed by atoms with van der Waals surface area (Å²) in [5, 5.41) is 4.21. The van der Waals surface area contributed by atoms with Gasteiger partial charge in [-0.1, -0.05) is 35.9 Å². The Labute approximate surface area is 164 Å². The molecule has 0 aliphatic carbocycles. The first-order valence-corrected chi connectivity index (χ1v) is 10.2. The van der Waals surface area contributed by atoms with E-state index in [2.05, 4.69) is 9.82 Å². The number of nitrogens with one attached hydrogen (secondary N) is 1. The van der Waals surface area contributed by atoms with E-state index in [0.29, 0.717) is 11.3 Å². The molecule has 0 saturated heterocycles. The summed E-state index contributed by atoms with van der Waals surface area (Å²) in [6.07, 6.45) is 1.30. The number of benzene rings is 2. The summed E-state index contributed by atoms with van der Waals surface area (Å²) >= 11 is 0. The molecule has 0 aliphatic rings. The predicted octanol–water partition coefficient (Wildman–Crippen LogP) is 3.47. The molecular weight excluding hydrogens is 378 g/mol. The number of carbonyl (C=O) groups is 1.